The van der Waals surface area contributed by atoms with E-state index in [0.717, 1.165) is 5.56 Å². The summed E-state index contributed by atoms with van der Waals surface area (Å²) in [5.74, 6) is 1.17. The van der Waals surface area contributed by atoms with Crippen LogP contribution >= 0.6 is 0 Å². The number of benzene rings is 2. The van der Waals surface area contributed by atoms with Gasteiger partial charge in [-0.25, -0.2) is 4.39 Å². The molecule has 5 nitrogen and oxygen atoms in total. The van der Waals surface area contributed by atoms with Gasteiger partial charge in [0.15, 0.2) is 6.10 Å². The second kappa shape index (κ2) is 9.08. The van der Waals surface area contributed by atoms with Crippen LogP contribution in [0.1, 0.15) is 31.9 Å². The number of ether oxygens (including phenoxy) is 3. The smallest absolute Gasteiger partial charge is 0.261 e. The lowest BCUT2D eigenvalue weighted by molar-refractivity contribution is -0.128. The number of hydrogen-bond acceptors (Lipinski definition) is 4. The molecule has 0 aromatic heterocycles. The molecule has 140 valence electrons. The number of hydrogen-bond donors (Lipinski definition) is 1. The van der Waals surface area contributed by atoms with Crippen LogP contribution in [0, 0.1) is 5.82 Å². The van der Waals surface area contributed by atoms with Gasteiger partial charge in [-0.3, -0.25) is 4.79 Å². The number of nitrogens with one attached hydrogen (secondary N) is 1. The van der Waals surface area contributed by atoms with Crippen molar-refractivity contribution in [3.63, 3.8) is 0 Å². The van der Waals surface area contributed by atoms with E-state index in [2.05, 4.69) is 5.32 Å². The quantitative estimate of drug-likeness (QED) is 0.775. The van der Waals surface area contributed by atoms with Gasteiger partial charge in [0, 0.05) is 5.56 Å². The van der Waals surface area contributed by atoms with Crippen molar-refractivity contribution in [1.29, 1.82) is 0 Å². The number of carbonyl (C=O) groups is 1. The molecule has 0 spiro atoms. The average molecular weight is 361 g/mol. The van der Waals surface area contributed by atoms with Crippen LogP contribution in [0.5, 0.6) is 17.2 Å². The van der Waals surface area contributed by atoms with Gasteiger partial charge in [-0.15, -0.1) is 0 Å². The van der Waals surface area contributed by atoms with E-state index < -0.39 is 6.10 Å². The lowest BCUT2D eigenvalue weighted by Crippen LogP contribution is -2.39. The Morgan fingerprint density at radius 2 is 1.73 bits per heavy atom. The molecule has 2 rings (SSSR count). The molecule has 0 fully saturated rings. The predicted molar refractivity (Wildman–Crippen MR) is 97.2 cm³/mol. The summed E-state index contributed by atoms with van der Waals surface area (Å²) in [4.78, 5) is 12.6. The molecule has 1 N–H and O–H groups in total. The van der Waals surface area contributed by atoms with E-state index in [1.54, 1.807) is 26.4 Å². The van der Waals surface area contributed by atoms with Crippen molar-refractivity contribution in [2.75, 3.05) is 14.2 Å². The number of methoxy groups -OCH3 is 2. The first-order chi connectivity index (χ1) is 12.5. The molecule has 1 amide bonds. The van der Waals surface area contributed by atoms with E-state index >= 15 is 0 Å². The molecule has 0 unspecified atom stereocenters. The van der Waals surface area contributed by atoms with Gasteiger partial charge in [0.05, 0.1) is 20.3 Å². The van der Waals surface area contributed by atoms with Gasteiger partial charge in [-0.05, 0) is 55.8 Å². The standard InChI is InChI=1S/C20H24FNO4/c1-5-18(26-15-8-6-14(21)7-9-15)20(23)22-13(2)17-12-16(24-3)10-11-19(17)25-4/h6-13,18H,5H2,1-4H3,(H,22,23)/t13-,18+/m1/s1. The van der Waals surface area contributed by atoms with Crippen molar-refractivity contribution < 1.29 is 23.4 Å². The van der Waals surface area contributed by atoms with Crippen LogP contribution in [-0.2, 0) is 4.79 Å². The minimum Gasteiger partial charge on any atom is -0.497 e. The molecule has 0 saturated heterocycles. The lowest BCUT2D eigenvalue weighted by atomic mass is 10.1. The molecule has 0 bridgehead atoms. The summed E-state index contributed by atoms with van der Waals surface area (Å²) in [7, 11) is 3.16. The van der Waals surface area contributed by atoms with Gasteiger partial charge in [0.2, 0.25) is 0 Å². The van der Waals surface area contributed by atoms with Crippen LogP contribution in [0.4, 0.5) is 4.39 Å². The Kier molecular flexibility index (Phi) is 6.83. The highest BCUT2D eigenvalue weighted by atomic mass is 19.1. The molecule has 2 atom stereocenters. The molecule has 0 aliphatic heterocycles. The third-order valence-electron chi connectivity index (χ3n) is 4.02. The zero-order valence-electron chi connectivity index (χ0n) is 15.4. The Hall–Kier alpha value is -2.76. The van der Waals surface area contributed by atoms with Crippen LogP contribution in [0.2, 0.25) is 0 Å². The first kappa shape index (κ1) is 19.6. The topological polar surface area (TPSA) is 56.8 Å². The number of halogens is 1. The van der Waals surface area contributed by atoms with Crippen LogP contribution in [0.15, 0.2) is 42.5 Å². The second-order valence-electron chi connectivity index (χ2n) is 5.81. The molecule has 2 aromatic carbocycles. The molecule has 0 aliphatic carbocycles. The third-order valence-corrected chi connectivity index (χ3v) is 4.02. The molecular formula is C20H24FNO4. The van der Waals surface area contributed by atoms with Crippen molar-refractivity contribution >= 4 is 5.91 Å². The van der Waals surface area contributed by atoms with Crippen molar-refractivity contribution in [2.24, 2.45) is 0 Å². The van der Waals surface area contributed by atoms with Crippen molar-refractivity contribution in [2.45, 2.75) is 32.4 Å². The summed E-state index contributed by atoms with van der Waals surface area (Å²) < 4.78 is 29.3. The Balaban J connectivity index is 2.10. The summed E-state index contributed by atoms with van der Waals surface area (Å²) in [6, 6.07) is 10.7. The maximum Gasteiger partial charge on any atom is 0.261 e. The zero-order valence-corrected chi connectivity index (χ0v) is 15.4. The minimum atomic E-state index is -0.681. The Labute approximate surface area is 153 Å². The highest BCUT2D eigenvalue weighted by Crippen LogP contribution is 2.29. The fraction of sp³-hybridized carbons (Fsp3) is 0.350. The average Bonchev–Trinajstić information content (AvgIpc) is 2.66. The van der Waals surface area contributed by atoms with Crippen LogP contribution in [0.25, 0.3) is 0 Å². The molecule has 6 heteroatoms. The zero-order chi connectivity index (χ0) is 19.1. The van der Waals surface area contributed by atoms with Gasteiger partial charge < -0.3 is 19.5 Å². The molecular weight excluding hydrogens is 337 g/mol. The maximum absolute atomic E-state index is 13.0. The van der Waals surface area contributed by atoms with Crippen LogP contribution < -0.4 is 19.5 Å². The molecule has 0 aliphatic rings. The second-order valence-corrected chi connectivity index (χ2v) is 5.81. The van der Waals surface area contributed by atoms with Gasteiger partial charge in [-0.2, -0.15) is 0 Å². The normalized spacial score (nSPS) is 12.8. The Bertz CT molecular complexity index is 733. The SMILES string of the molecule is CC[C@H](Oc1ccc(F)cc1)C(=O)N[C@H](C)c1cc(OC)ccc1OC. The highest BCUT2D eigenvalue weighted by molar-refractivity contribution is 5.81. The molecule has 26 heavy (non-hydrogen) atoms. The van der Waals surface area contributed by atoms with Crippen molar-refractivity contribution in [3.05, 3.63) is 53.8 Å². The summed E-state index contributed by atoms with van der Waals surface area (Å²) >= 11 is 0. The van der Waals surface area contributed by atoms with Crippen molar-refractivity contribution in [3.8, 4) is 17.2 Å². The van der Waals surface area contributed by atoms with E-state index in [4.69, 9.17) is 14.2 Å². The first-order valence-corrected chi connectivity index (χ1v) is 8.43. The lowest BCUT2D eigenvalue weighted by Gasteiger charge is -2.22. The van der Waals surface area contributed by atoms with E-state index in [1.165, 1.54) is 24.3 Å². The van der Waals surface area contributed by atoms with E-state index in [-0.39, 0.29) is 17.8 Å². The predicted octanol–water partition coefficient (Wildman–Crippen LogP) is 3.88. The number of carbonyl (C=O) groups excluding carboxylic acids is 1. The van der Waals surface area contributed by atoms with Crippen molar-refractivity contribution in [1.82, 2.24) is 5.32 Å². The summed E-state index contributed by atoms with van der Waals surface area (Å²) in [6.07, 6.45) is -0.204. The monoisotopic (exact) mass is 361 g/mol. The van der Waals surface area contributed by atoms with Gasteiger partial charge in [0.1, 0.15) is 23.1 Å². The Morgan fingerprint density at radius 3 is 2.31 bits per heavy atom. The molecule has 0 radical (unpaired) electrons. The fourth-order valence-corrected chi connectivity index (χ4v) is 2.56. The van der Waals surface area contributed by atoms with Gasteiger partial charge in [0.25, 0.3) is 5.91 Å². The fourth-order valence-electron chi connectivity index (χ4n) is 2.56. The third kappa shape index (κ3) is 4.88. The Morgan fingerprint density at radius 1 is 1.08 bits per heavy atom. The molecule has 2 aromatic rings. The van der Waals surface area contributed by atoms with Gasteiger partial charge >= 0.3 is 0 Å². The summed E-state index contributed by atoms with van der Waals surface area (Å²) in [5, 5.41) is 2.93. The maximum atomic E-state index is 13.0. The van der Waals surface area contributed by atoms with E-state index in [1.807, 2.05) is 19.9 Å². The minimum absolute atomic E-state index is 0.255. The van der Waals surface area contributed by atoms with E-state index in [0.29, 0.717) is 23.7 Å². The van der Waals surface area contributed by atoms with E-state index in [9.17, 15) is 9.18 Å². The van der Waals surface area contributed by atoms with Crippen LogP contribution in [0.3, 0.4) is 0 Å². The summed E-state index contributed by atoms with van der Waals surface area (Å²) in [5.41, 5.74) is 0.803. The molecule has 0 heterocycles. The van der Waals surface area contributed by atoms with Gasteiger partial charge in [-0.1, -0.05) is 6.92 Å². The number of amides is 1. The molecule has 0 saturated carbocycles. The summed E-state index contributed by atoms with van der Waals surface area (Å²) in [6.45, 7) is 3.71. The first-order valence-electron chi connectivity index (χ1n) is 8.43. The highest BCUT2D eigenvalue weighted by Gasteiger charge is 2.22. The number of rotatable bonds is 8. The largest absolute Gasteiger partial charge is 0.497 e. The van der Waals surface area contributed by atoms with Crippen LogP contribution in [-0.4, -0.2) is 26.2 Å².